The van der Waals surface area contributed by atoms with Crippen LogP contribution in [0.4, 0.5) is 0 Å². The summed E-state index contributed by atoms with van der Waals surface area (Å²) in [5.41, 5.74) is 1.26. The van der Waals surface area contributed by atoms with Crippen molar-refractivity contribution in [2.24, 2.45) is 0 Å². The van der Waals surface area contributed by atoms with Crippen LogP contribution in [0.3, 0.4) is 0 Å². The fourth-order valence-electron chi connectivity index (χ4n) is 1.98. The van der Waals surface area contributed by atoms with Crippen LogP contribution in [-0.4, -0.2) is 12.5 Å². The number of furan rings is 1. The molecule has 1 heterocycles. The lowest BCUT2D eigenvalue weighted by Gasteiger charge is -2.09. The van der Waals surface area contributed by atoms with E-state index in [0.29, 0.717) is 26.0 Å². The van der Waals surface area contributed by atoms with Crippen molar-refractivity contribution in [3.63, 3.8) is 0 Å². The van der Waals surface area contributed by atoms with Crippen LogP contribution in [0.15, 0.2) is 45.5 Å². The molecule has 0 fully saturated rings. The second-order valence-electron chi connectivity index (χ2n) is 4.93. The molecule has 5 heteroatoms. The SMILES string of the molecule is CCc1ccc(OCCCC(=O)NCc2ccco2)c(Br)c1. The quantitative estimate of drug-likeness (QED) is 0.717. The standard InChI is InChI=1S/C17H20BrNO3/c1-2-13-7-8-16(15(18)11-13)22-10-4-6-17(20)19-12-14-5-3-9-21-14/h3,5,7-9,11H,2,4,6,10,12H2,1H3,(H,19,20). The highest BCUT2D eigenvalue weighted by Crippen LogP contribution is 2.26. The molecule has 0 spiro atoms. The molecule has 1 amide bonds. The van der Waals surface area contributed by atoms with E-state index in [1.165, 1.54) is 5.56 Å². The van der Waals surface area contributed by atoms with Gasteiger partial charge in [0, 0.05) is 6.42 Å². The molecule has 0 saturated heterocycles. The van der Waals surface area contributed by atoms with Crippen molar-refractivity contribution >= 4 is 21.8 Å². The molecule has 0 radical (unpaired) electrons. The van der Waals surface area contributed by atoms with Gasteiger partial charge in [-0.25, -0.2) is 0 Å². The van der Waals surface area contributed by atoms with Crippen LogP contribution >= 0.6 is 15.9 Å². The highest BCUT2D eigenvalue weighted by molar-refractivity contribution is 9.10. The van der Waals surface area contributed by atoms with Crippen molar-refractivity contribution in [3.05, 3.63) is 52.4 Å². The second kappa shape index (κ2) is 8.63. The van der Waals surface area contributed by atoms with Crippen molar-refractivity contribution in [1.82, 2.24) is 5.32 Å². The number of hydrogen-bond donors (Lipinski definition) is 1. The molecule has 0 bridgehead atoms. The first kappa shape index (κ1) is 16.6. The van der Waals surface area contributed by atoms with Gasteiger partial charge in [-0.1, -0.05) is 13.0 Å². The zero-order valence-corrected chi connectivity index (χ0v) is 14.2. The fraction of sp³-hybridized carbons (Fsp3) is 0.353. The fourth-order valence-corrected chi connectivity index (χ4v) is 2.52. The summed E-state index contributed by atoms with van der Waals surface area (Å²) in [4.78, 5) is 11.7. The van der Waals surface area contributed by atoms with E-state index in [1.54, 1.807) is 12.3 Å². The lowest BCUT2D eigenvalue weighted by atomic mass is 10.2. The third-order valence-electron chi connectivity index (χ3n) is 3.25. The maximum Gasteiger partial charge on any atom is 0.220 e. The van der Waals surface area contributed by atoms with Gasteiger partial charge in [0.15, 0.2) is 0 Å². The number of carbonyl (C=O) groups is 1. The van der Waals surface area contributed by atoms with E-state index in [0.717, 1.165) is 22.4 Å². The van der Waals surface area contributed by atoms with E-state index in [1.807, 2.05) is 12.1 Å². The molecule has 1 aromatic heterocycles. The van der Waals surface area contributed by atoms with Crippen molar-refractivity contribution in [1.29, 1.82) is 0 Å². The maximum atomic E-state index is 11.7. The normalized spacial score (nSPS) is 10.5. The largest absolute Gasteiger partial charge is 0.492 e. The van der Waals surface area contributed by atoms with E-state index in [4.69, 9.17) is 9.15 Å². The number of rotatable bonds is 8. The number of hydrogen-bond acceptors (Lipinski definition) is 3. The molecule has 0 aliphatic rings. The van der Waals surface area contributed by atoms with Crippen LogP contribution < -0.4 is 10.1 Å². The van der Waals surface area contributed by atoms with Crippen LogP contribution in [-0.2, 0) is 17.8 Å². The summed E-state index contributed by atoms with van der Waals surface area (Å²) in [6.07, 6.45) is 3.70. The molecular weight excluding hydrogens is 346 g/mol. The van der Waals surface area contributed by atoms with Crippen LogP contribution in [0.5, 0.6) is 5.75 Å². The lowest BCUT2D eigenvalue weighted by Crippen LogP contribution is -2.22. The van der Waals surface area contributed by atoms with E-state index >= 15 is 0 Å². The minimum Gasteiger partial charge on any atom is -0.492 e. The van der Waals surface area contributed by atoms with Gasteiger partial charge in [0.05, 0.1) is 23.9 Å². The molecule has 0 atom stereocenters. The number of ether oxygens (including phenoxy) is 1. The third kappa shape index (κ3) is 5.22. The van der Waals surface area contributed by atoms with Gasteiger partial charge >= 0.3 is 0 Å². The molecule has 0 unspecified atom stereocenters. The summed E-state index contributed by atoms with van der Waals surface area (Å²) in [6.45, 7) is 3.05. The number of nitrogens with one attached hydrogen (secondary N) is 1. The lowest BCUT2D eigenvalue weighted by molar-refractivity contribution is -0.121. The molecule has 0 aliphatic heterocycles. The molecule has 1 N–H and O–H groups in total. The second-order valence-corrected chi connectivity index (χ2v) is 5.78. The van der Waals surface area contributed by atoms with Crippen LogP contribution in [0, 0.1) is 0 Å². The highest BCUT2D eigenvalue weighted by Gasteiger charge is 2.05. The van der Waals surface area contributed by atoms with Crippen molar-refractivity contribution in [2.45, 2.75) is 32.7 Å². The Bertz CT molecular complexity index is 596. The van der Waals surface area contributed by atoms with Crippen LogP contribution in [0.25, 0.3) is 0 Å². The summed E-state index contributed by atoms with van der Waals surface area (Å²) >= 11 is 3.50. The average Bonchev–Trinajstić information content (AvgIpc) is 3.04. The molecule has 4 nitrogen and oxygen atoms in total. The first-order valence-electron chi connectivity index (χ1n) is 7.39. The molecule has 1 aromatic carbocycles. The summed E-state index contributed by atoms with van der Waals surface area (Å²) in [6, 6.07) is 9.71. The summed E-state index contributed by atoms with van der Waals surface area (Å²) in [7, 11) is 0. The Morgan fingerprint density at radius 3 is 2.91 bits per heavy atom. The first-order valence-corrected chi connectivity index (χ1v) is 8.18. The Kier molecular flexibility index (Phi) is 6.52. The van der Waals surface area contributed by atoms with E-state index in [-0.39, 0.29) is 5.91 Å². The minimum atomic E-state index is 0.000367. The van der Waals surface area contributed by atoms with Gasteiger partial charge in [-0.05, 0) is 58.6 Å². The van der Waals surface area contributed by atoms with Gasteiger partial charge < -0.3 is 14.5 Å². The number of aryl methyl sites for hydroxylation is 1. The average molecular weight is 366 g/mol. The van der Waals surface area contributed by atoms with Gasteiger partial charge in [-0.2, -0.15) is 0 Å². The summed E-state index contributed by atoms with van der Waals surface area (Å²) in [5, 5.41) is 2.81. The van der Waals surface area contributed by atoms with Gasteiger partial charge in [0.25, 0.3) is 0 Å². The predicted octanol–water partition coefficient (Wildman–Crippen LogP) is 4.08. The van der Waals surface area contributed by atoms with Gasteiger partial charge in [-0.15, -0.1) is 0 Å². The van der Waals surface area contributed by atoms with Crippen LogP contribution in [0.2, 0.25) is 0 Å². The van der Waals surface area contributed by atoms with Gasteiger partial charge in [0.2, 0.25) is 5.91 Å². The minimum absolute atomic E-state index is 0.000367. The van der Waals surface area contributed by atoms with Crippen molar-refractivity contribution in [2.75, 3.05) is 6.61 Å². The predicted molar refractivity (Wildman–Crippen MR) is 88.8 cm³/mol. The van der Waals surface area contributed by atoms with E-state index in [9.17, 15) is 4.79 Å². The monoisotopic (exact) mass is 365 g/mol. The highest BCUT2D eigenvalue weighted by atomic mass is 79.9. The topological polar surface area (TPSA) is 51.5 Å². The number of benzene rings is 1. The Hall–Kier alpha value is -1.75. The molecule has 2 rings (SSSR count). The van der Waals surface area contributed by atoms with E-state index < -0.39 is 0 Å². The Morgan fingerprint density at radius 2 is 2.23 bits per heavy atom. The zero-order valence-electron chi connectivity index (χ0n) is 12.6. The Morgan fingerprint density at radius 1 is 1.36 bits per heavy atom. The van der Waals surface area contributed by atoms with Crippen LogP contribution in [0.1, 0.15) is 31.1 Å². The van der Waals surface area contributed by atoms with Gasteiger partial charge in [0.1, 0.15) is 11.5 Å². The molecule has 22 heavy (non-hydrogen) atoms. The number of carbonyl (C=O) groups excluding carboxylic acids is 1. The molecular formula is C17H20BrNO3. The molecule has 2 aromatic rings. The van der Waals surface area contributed by atoms with Gasteiger partial charge in [-0.3, -0.25) is 4.79 Å². The smallest absolute Gasteiger partial charge is 0.220 e. The van der Waals surface area contributed by atoms with E-state index in [2.05, 4.69) is 40.3 Å². The number of amides is 1. The molecule has 118 valence electrons. The molecule has 0 aliphatic carbocycles. The number of halogens is 1. The zero-order chi connectivity index (χ0) is 15.8. The van der Waals surface area contributed by atoms with Crippen molar-refractivity contribution < 1.29 is 13.9 Å². The first-order chi connectivity index (χ1) is 10.7. The Balaban J connectivity index is 1.65. The summed E-state index contributed by atoms with van der Waals surface area (Å²) in [5.74, 6) is 1.57. The summed E-state index contributed by atoms with van der Waals surface area (Å²) < 4.78 is 11.8. The maximum absolute atomic E-state index is 11.7. The molecule has 0 saturated carbocycles. The van der Waals surface area contributed by atoms with Crippen molar-refractivity contribution in [3.8, 4) is 5.75 Å². The Labute approximate surface area is 139 Å². The third-order valence-corrected chi connectivity index (χ3v) is 3.87.